The van der Waals surface area contributed by atoms with E-state index in [0.29, 0.717) is 24.9 Å². The molecule has 0 saturated carbocycles. The van der Waals surface area contributed by atoms with Crippen LogP contribution in [-0.4, -0.2) is 66.0 Å². The largest absolute Gasteiger partial charge is 0.310 e. The number of rotatable bonds is 4. The summed E-state index contributed by atoms with van der Waals surface area (Å²) in [6, 6.07) is 0.265. The summed E-state index contributed by atoms with van der Waals surface area (Å²) in [5.74, 6) is -0.199. The van der Waals surface area contributed by atoms with Gasteiger partial charge < -0.3 is 5.32 Å². The second kappa shape index (κ2) is 7.33. The molecule has 0 spiro atoms. The topological polar surface area (TPSA) is 69.7 Å². The fraction of sp³-hybridized carbons (Fsp3) is 0.941. The van der Waals surface area contributed by atoms with Crippen molar-refractivity contribution in [3.8, 4) is 0 Å². The van der Waals surface area contributed by atoms with Crippen LogP contribution in [-0.2, 0) is 14.8 Å². The smallest absolute Gasteiger partial charge is 0.258 e. The van der Waals surface area contributed by atoms with Gasteiger partial charge in [-0.2, -0.15) is 0 Å². The van der Waals surface area contributed by atoms with Gasteiger partial charge in [-0.25, -0.2) is 12.7 Å². The van der Waals surface area contributed by atoms with Gasteiger partial charge in [-0.15, -0.1) is 12.4 Å². The lowest BCUT2D eigenvalue weighted by molar-refractivity contribution is -0.141. The highest BCUT2D eigenvalue weighted by Gasteiger charge is 2.66. The number of carbonyl (C=O) groups excluding carboxylic acids is 1. The van der Waals surface area contributed by atoms with Crippen molar-refractivity contribution in [2.45, 2.75) is 89.0 Å². The maximum Gasteiger partial charge on any atom is 0.258 e. The minimum atomic E-state index is -3.55. The zero-order valence-corrected chi connectivity index (χ0v) is 17.3. The van der Waals surface area contributed by atoms with Gasteiger partial charge in [-0.1, -0.05) is 19.8 Å². The third-order valence-electron chi connectivity index (χ3n) is 6.22. The van der Waals surface area contributed by atoms with Crippen molar-refractivity contribution in [3.63, 3.8) is 0 Å². The predicted octanol–water partition coefficient (Wildman–Crippen LogP) is 1.74. The van der Waals surface area contributed by atoms with Crippen LogP contribution in [0.1, 0.15) is 59.3 Å². The number of fused-ring (bicyclic) bond motifs is 1. The van der Waals surface area contributed by atoms with Gasteiger partial charge in [0.15, 0.2) is 0 Å². The Morgan fingerprint density at radius 3 is 2.32 bits per heavy atom. The molecule has 3 heterocycles. The molecule has 0 aromatic heterocycles. The van der Waals surface area contributed by atoms with Crippen LogP contribution in [0.2, 0.25) is 0 Å². The zero-order chi connectivity index (χ0) is 17.7. The van der Waals surface area contributed by atoms with Crippen LogP contribution >= 0.6 is 12.4 Å². The maximum absolute atomic E-state index is 13.5. The molecular formula is C17H32ClN3O3S. The van der Waals surface area contributed by atoms with E-state index in [-0.39, 0.29) is 30.4 Å². The monoisotopic (exact) mass is 393 g/mol. The van der Waals surface area contributed by atoms with E-state index < -0.39 is 15.6 Å². The molecule has 0 radical (unpaired) electrons. The molecule has 0 bridgehead atoms. The predicted molar refractivity (Wildman–Crippen MR) is 101 cm³/mol. The van der Waals surface area contributed by atoms with Crippen LogP contribution in [0.3, 0.4) is 0 Å². The van der Waals surface area contributed by atoms with Gasteiger partial charge in [-0.05, 0) is 46.1 Å². The van der Waals surface area contributed by atoms with Gasteiger partial charge in [0.05, 0.1) is 18.3 Å². The third-order valence-corrected chi connectivity index (χ3v) is 7.37. The molecule has 0 aromatic rings. The molecule has 8 heteroatoms. The molecule has 1 amide bonds. The third kappa shape index (κ3) is 3.11. The Kier molecular flexibility index (Phi) is 6.14. The van der Waals surface area contributed by atoms with Crippen molar-refractivity contribution in [2.75, 3.05) is 12.8 Å². The molecule has 1 N–H and O–H groups in total. The summed E-state index contributed by atoms with van der Waals surface area (Å²) in [5.41, 5.74) is -0.724. The summed E-state index contributed by atoms with van der Waals surface area (Å²) in [6.07, 6.45) is 6.77. The lowest BCUT2D eigenvalue weighted by atomic mass is 9.79. The van der Waals surface area contributed by atoms with Crippen molar-refractivity contribution in [3.05, 3.63) is 0 Å². The van der Waals surface area contributed by atoms with Crippen LogP contribution in [0.4, 0.5) is 0 Å². The van der Waals surface area contributed by atoms with Crippen LogP contribution in [0.25, 0.3) is 0 Å². The summed E-state index contributed by atoms with van der Waals surface area (Å²) < 4.78 is 26.0. The average molecular weight is 394 g/mol. The highest BCUT2D eigenvalue weighted by Crippen LogP contribution is 2.46. The fourth-order valence-corrected chi connectivity index (χ4v) is 6.73. The Morgan fingerprint density at radius 2 is 1.80 bits per heavy atom. The van der Waals surface area contributed by atoms with E-state index in [0.717, 1.165) is 25.8 Å². The van der Waals surface area contributed by atoms with Crippen molar-refractivity contribution in [2.24, 2.45) is 0 Å². The van der Waals surface area contributed by atoms with Gasteiger partial charge in [0.1, 0.15) is 5.54 Å². The highest BCUT2D eigenvalue weighted by molar-refractivity contribution is 7.89. The summed E-state index contributed by atoms with van der Waals surface area (Å²) in [6.45, 7) is 7.24. The Hall–Kier alpha value is -0.370. The van der Waals surface area contributed by atoms with Gasteiger partial charge in [0.2, 0.25) is 10.0 Å². The van der Waals surface area contributed by atoms with Crippen molar-refractivity contribution in [1.82, 2.24) is 14.5 Å². The Labute approximate surface area is 158 Å². The molecule has 3 aliphatic rings. The standard InChI is InChI=1S/C17H31N3O3S.ClH/c1-5-10-17(19-12(2)7-6-8-13(19)3)15-14(9-11-18-15)20(16(17)21)24(4,22)23;/h12-15,18H,5-11H2,1-4H3;1H. The quantitative estimate of drug-likeness (QED) is 0.787. The van der Waals surface area contributed by atoms with E-state index in [1.54, 1.807) is 0 Å². The molecule has 146 valence electrons. The summed E-state index contributed by atoms with van der Waals surface area (Å²) in [5, 5.41) is 3.50. The van der Waals surface area contributed by atoms with Crippen LogP contribution in [0.15, 0.2) is 0 Å². The average Bonchev–Trinajstić information content (AvgIpc) is 3.01. The minimum absolute atomic E-state index is 0. The minimum Gasteiger partial charge on any atom is -0.310 e. The highest BCUT2D eigenvalue weighted by atomic mass is 35.5. The van der Waals surface area contributed by atoms with Crippen LogP contribution < -0.4 is 5.32 Å². The number of piperidine rings is 1. The number of sulfonamides is 1. The lowest BCUT2D eigenvalue weighted by Gasteiger charge is -2.51. The zero-order valence-electron chi connectivity index (χ0n) is 15.7. The van der Waals surface area contributed by atoms with Gasteiger partial charge in [0.25, 0.3) is 5.91 Å². The molecule has 5 atom stereocenters. The number of likely N-dealkylation sites (tertiary alicyclic amines) is 1. The van der Waals surface area contributed by atoms with Crippen molar-refractivity contribution in [1.29, 1.82) is 0 Å². The van der Waals surface area contributed by atoms with E-state index in [1.807, 2.05) is 0 Å². The van der Waals surface area contributed by atoms with Crippen LogP contribution in [0, 0.1) is 0 Å². The molecule has 0 aromatic carbocycles. The molecule has 25 heavy (non-hydrogen) atoms. The summed E-state index contributed by atoms with van der Waals surface area (Å²) in [7, 11) is -3.55. The SMILES string of the molecule is CCCC1(N2C(C)CCCC2C)C(=O)N(S(C)(=O)=O)C2CCNC21.Cl. The summed E-state index contributed by atoms with van der Waals surface area (Å²) >= 11 is 0. The normalized spacial score (nSPS) is 39.4. The number of hydrogen-bond donors (Lipinski definition) is 1. The number of carbonyl (C=O) groups is 1. The van der Waals surface area contributed by atoms with E-state index in [4.69, 9.17) is 0 Å². The first-order valence-electron chi connectivity index (χ1n) is 9.30. The molecule has 6 nitrogen and oxygen atoms in total. The molecule has 3 aliphatic heterocycles. The molecule has 3 saturated heterocycles. The van der Waals surface area contributed by atoms with E-state index in [1.165, 1.54) is 17.0 Å². The molecule has 5 unspecified atom stereocenters. The van der Waals surface area contributed by atoms with Crippen molar-refractivity contribution < 1.29 is 13.2 Å². The second-order valence-electron chi connectivity index (χ2n) is 7.86. The number of amides is 1. The van der Waals surface area contributed by atoms with Crippen LogP contribution in [0.5, 0.6) is 0 Å². The first-order valence-corrected chi connectivity index (χ1v) is 11.2. The Bertz CT molecular complexity index is 604. The molecular weight excluding hydrogens is 362 g/mol. The molecule has 3 rings (SSSR count). The molecule has 3 fully saturated rings. The lowest BCUT2D eigenvalue weighted by Crippen LogP contribution is -2.68. The second-order valence-corrected chi connectivity index (χ2v) is 9.72. The molecule has 0 aliphatic carbocycles. The Balaban J connectivity index is 0.00000225. The van der Waals surface area contributed by atoms with E-state index in [9.17, 15) is 13.2 Å². The fourth-order valence-electron chi connectivity index (χ4n) is 5.55. The number of halogens is 1. The van der Waals surface area contributed by atoms with E-state index >= 15 is 0 Å². The number of nitrogens with one attached hydrogen (secondary N) is 1. The maximum atomic E-state index is 13.5. The van der Waals surface area contributed by atoms with Crippen molar-refractivity contribution >= 4 is 28.3 Å². The van der Waals surface area contributed by atoms with E-state index in [2.05, 4.69) is 31.0 Å². The van der Waals surface area contributed by atoms with Gasteiger partial charge in [-0.3, -0.25) is 9.69 Å². The van der Waals surface area contributed by atoms with Gasteiger partial charge in [0, 0.05) is 12.1 Å². The van der Waals surface area contributed by atoms with Gasteiger partial charge >= 0.3 is 0 Å². The Morgan fingerprint density at radius 1 is 1.20 bits per heavy atom. The first-order chi connectivity index (χ1) is 11.2. The number of hydrogen-bond acceptors (Lipinski definition) is 5. The summed E-state index contributed by atoms with van der Waals surface area (Å²) in [4.78, 5) is 15.9. The first kappa shape index (κ1) is 20.9. The number of nitrogens with zero attached hydrogens (tertiary/aromatic N) is 2.